The molecule has 0 radical (unpaired) electrons. The van der Waals surface area contributed by atoms with Gasteiger partial charge in [-0.15, -0.1) is 0 Å². The van der Waals surface area contributed by atoms with Crippen LogP contribution in [-0.2, 0) is 6.42 Å². The fraction of sp³-hybridized carbons (Fsp3) is 0.647. The zero-order valence-corrected chi connectivity index (χ0v) is 13.6. The lowest BCUT2D eigenvalue weighted by molar-refractivity contribution is 0.577. The fourth-order valence-corrected chi connectivity index (χ4v) is 3.19. The maximum atomic E-state index is 3.69. The normalized spacial score (nSPS) is 12.6. The van der Waals surface area contributed by atoms with Gasteiger partial charge < -0.3 is 5.32 Å². The van der Waals surface area contributed by atoms with Crippen molar-refractivity contribution in [3.8, 4) is 0 Å². The summed E-state index contributed by atoms with van der Waals surface area (Å²) in [5.41, 5.74) is 2.94. The minimum absolute atomic E-state index is 0.508. The second-order valence-electron chi connectivity index (χ2n) is 5.08. The first-order valence-corrected chi connectivity index (χ1v) is 8.87. The zero-order valence-electron chi connectivity index (χ0n) is 12.7. The van der Waals surface area contributed by atoms with Crippen LogP contribution in [0.15, 0.2) is 24.3 Å². The van der Waals surface area contributed by atoms with E-state index in [0.29, 0.717) is 6.04 Å². The summed E-state index contributed by atoms with van der Waals surface area (Å²) in [6.07, 6.45) is 4.88. The van der Waals surface area contributed by atoms with Crippen LogP contribution in [0.3, 0.4) is 0 Å². The molecule has 1 aromatic carbocycles. The maximum absolute atomic E-state index is 3.69. The summed E-state index contributed by atoms with van der Waals surface area (Å²) in [6.45, 7) is 7.84. The van der Waals surface area contributed by atoms with Gasteiger partial charge in [-0.2, -0.15) is 11.8 Å². The molecule has 1 aromatic rings. The Bertz CT molecular complexity index is 338. The third-order valence-electron chi connectivity index (χ3n) is 3.17. The Hall–Kier alpha value is -0.470. The minimum atomic E-state index is 0.508. The summed E-state index contributed by atoms with van der Waals surface area (Å²) in [5.74, 6) is 2.45. The lowest BCUT2D eigenvalue weighted by Crippen LogP contribution is -2.24. The summed E-state index contributed by atoms with van der Waals surface area (Å²) in [7, 11) is 0. The number of aryl methyl sites for hydroxylation is 1. The van der Waals surface area contributed by atoms with E-state index < -0.39 is 0 Å². The molecule has 0 aliphatic carbocycles. The standard InChI is InChI=1S/C17H29NS/c1-4-8-15-9-7-10-16(13-15)17(18-11-5-2)14-19-12-6-3/h7,9-10,13,17-18H,4-6,8,11-12,14H2,1-3H3. The predicted octanol–water partition coefficient (Wildman–Crippen LogP) is 4.82. The molecular weight excluding hydrogens is 250 g/mol. The van der Waals surface area contributed by atoms with Gasteiger partial charge in [0, 0.05) is 11.8 Å². The average Bonchev–Trinajstić information content (AvgIpc) is 2.43. The molecule has 0 amide bonds. The second kappa shape index (κ2) is 10.3. The van der Waals surface area contributed by atoms with Crippen LogP contribution in [0.5, 0.6) is 0 Å². The van der Waals surface area contributed by atoms with E-state index in [1.54, 1.807) is 0 Å². The third-order valence-corrected chi connectivity index (χ3v) is 4.43. The largest absolute Gasteiger partial charge is 0.309 e. The van der Waals surface area contributed by atoms with Crippen LogP contribution >= 0.6 is 11.8 Å². The topological polar surface area (TPSA) is 12.0 Å². The lowest BCUT2D eigenvalue weighted by atomic mass is 10.0. The van der Waals surface area contributed by atoms with Gasteiger partial charge in [-0.25, -0.2) is 0 Å². The highest BCUT2D eigenvalue weighted by atomic mass is 32.2. The first-order valence-electron chi connectivity index (χ1n) is 7.71. The van der Waals surface area contributed by atoms with E-state index in [0.717, 1.165) is 6.54 Å². The van der Waals surface area contributed by atoms with Crippen LogP contribution in [-0.4, -0.2) is 18.1 Å². The highest BCUT2D eigenvalue weighted by Gasteiger charge is 2.10. The molecule has 0 spiro atoms. The Morgan fingerprint density at radius 2 is 1.95 bits per heavy atom. The lowest BCUT2D eigenvalue weighted by Gasteiger charge is -2.19. The van der Waals surface area contributed by atoms with E-state index >= 15 is 0 Å². The fourth-order valence-electron chi connectivity index (χ4n) is 2.19. The predicted molar refractivity (Wildman–Crippen MR) is 89.1 cm³/mol. The van der Waals surface area contributed by atoms with Gasteiger partial charge >= 0.3 is 0 Å². The maximum Gasteiger partial charge on any atom is 0.0411 e. The van der Waals surface area contributed by atoms with Gasteiger partial charge in [0.2, 0.25) is 0 Å². The van der Waals surface area contributed by atoms with Crippen molar-refractivity contribution in [2.24, 2.45) is 0 Å². The van der Waals surface area contributed by atoms with Crippen LogP contribution in [0.1, 0.15) is 57.2 Å². The number of hydrogen-bond donors (Lipinski definition) is 1. The first-order chi connectivity index (χ1) is 9.31. The van der Waals surface area contributed by atoms with Crippen molar-refractivity contribution in [1.82, 2.24) is 5.32 Å². The van der Waals surface area contributed by atoms with E-state index in [1.165, 1.54) is 48.3 Å². The van der Waals surface area contributed by atoms with Crippen LogP contribution < -0.4 is 5.32 Å². The van der Waals surface area contributed by atoms with E-state index in [2.05, 4.69) is 62.1 Å². The van der Waals surface area contributed by atoms with E-state index in [4.69, 9.17) is 0 Å². The van der Waals surface area contributed by atoms with Gasteiger partial charge in [-0.3, -0.25) is 0 Å². The molecular formula is C17H29NS. The Kier molecular flexibility index (Phi) is 9.02. The summed E-state index contributed by atoms with van der Waals surface area (Å²) in [4.78, 5) is 0. The van der Waals surface area contributed by atoms with Gasteiger partial charge in [0.15, 0.2) is 0 Å². The number of hydrogen-bond acceptors (Lipinski definition) is 2. The van der Waals surface area contributed by atoms with Crippen LogP contribution in [0.25, 0.3) is 0 Å². The number of rotatable bonds is 10. The summed E-state index contributed by atoms with van der Waals surface area (Å²) >= 11 is 2.06. The molecule has 0 aliphatic rings. The summed E-state index contributed by atoms with van der Waals surface area (Å²) in [6, 6.07) is 9.64. The quantitative estimate of drug-likeness (QED) is 0.616. The number of nitrogens with one attached hydrogen (secondary N) is 1. The van der Waals surface area contributed by atoms with Crippen molar-refractivity contribution in [3.05, 3.63) is 35.4 Å². The minimum Gasteiger partial charge on any atom is -0.309 e. The molecule has 0 bridgehead atoms. The second-order valence-corrected chi connectivity index (χ2v) is 6.23. The highest BCUT2D eigenvalue weighted by Crippen LogP contribution is 2.20. The Morgan fingerprint density at radius 1 is 1.11 bits per heavy atom. The molecule has 0 saturated heterocycles. The SMILES string of the molecule is CCCNC(CSCCC)c1cccc(CCC)c1. The van der Waals surface area contributed by atoms with Gasteiger partial charge in [0.25, 0.3) is 0 Å². The number of benzene rings is 1. The Labute approximate surface area is 123 Å². The number of thioether (sulfide) groups is 1. The molecule has 0 saturated carbocycles. The van der Waals surface area contributed by atoms with Gasteiger partial charge in [0.1, 0.15) is 0 Å². The molecule has 108 valence electrons. The van der Waals surface area contributed by atoms with Gasteiger partial charge in [-0.05, 0) is 42.7 Å². The molecule has 0 aliphatic heterocycles. The van der Waals surface area contributed by atoms with Crippen LogP contribution in [0.4, 0.5) is 0 Å². The van der Waals surface area contributed by atoms with Crippen molar-refractivity contribution in [2.45, 2.75) is 52.5 Å². The smallest absolute Gasteiger partial charge is 0.0411 e. The molecule has 1 N–H and O–H groups in total. The van der Waals surface area contributed by atoms with Gasteiger partial charge in [-0.1, -0.05) is 51.5 Å². The monoisotopic (exact) mass is 279 g/mol. The van der Waals surface area contributed by atoms with Crippen molar-refractivity contribution in [2.75, 3.05) is 18.1 Å². The molecule has 1 nitrogen and oxygen atoms in total. The average molecular weight is 279 g/mol. The van der Waals surface area contributed by atoms with Crippen molar-refractivity contribution in [1.29, 1.82) is 0 Å². The molecule has 2 heteroatoms. The Morgan fingerprint density at radius 3 is 2.63 bits per heavy atom. The van der Waals surface area contributed by atoms with Crippen molar-refractivity contribution < 1.29 is 0 Å². The molecule has 1 atom stereocenters. The molecule has 1 unspecified atom stereocenters. The van der Waals surface area contributed by atoms with E-state index in [-0.39, 0.29) is 0 Å². The summed E-state index contributed by atoms with van der Waals surface area (Å²) < 4.78 is 0. The zero-order chi connectivity index (χ0) is 13.9. The van der Waals surface area contributed by atoms with E-state index in [9.17, 15) is 0 Å². The molecule has 0 heterocycles. The van der Waals surface area contributed by atoms with Crippen LogP contribution in [0.2, 0.25) is 0 Å². The van der Waals surface area contributed by atoms with Gasteiger partial charge in [0.05, 0.1) is 0 Å². The van der Waals surface area contributed by atoms with Crippen molar-refractivity contribution in [3.63, 3.8) is 0 Å². The van der Waals surface area contributed by atoms with E-state index in [1.807, 2.05) is 0 Å². The molecule has 0 fully saturated rings. The first kappa shape index (κ1) is 16.6. The van der Waals surface area contributed by atoms with Crippen molar-refractivity contribution >= 4 is 11.8 Å². The molecule has 0 aromatic heterocycles. The molecule has 19 heavy (non-hydrogen) atoms. The molecule has 1 rings (SSSR count). The highest BCUT2D eigenvalue weighted by molar-refractivity contribution is 7.99. The third kappa shape index (κ3) is 6.49. The summed E-state index contributed by atoms with van der Waals surface area (Å²) in [5, 5.41) is 3.69. The Balaban J connectivity index is 2.68. The van der Waals surface area contributed by atoms with Crippen LogP contribution in [0, 0.1) is 0 Å².